The van der Waals surface area contributed by atoms with E-state index in [1.807, 2.05) is 0 Å². The second-order valence-corrected chi connectivity index (χ2v) is 13.5. The minimum absolute atomic E-state index is 1.13. The van der Waals surface area contributed by atoms with Gasteiger partial charge in [0.1, 0.15) is 0 Å². The Kier molecular flexibility index (Phi) is 10.3. The Hall–Kier alpha value is -6.38. The molecule has 0 amide bonds. The summed E-state index contributed by atoms with van der Waals surface area (Å²) >= 11 is 0. The molecule has 0 radical (unpaired) electrons. The molecule has 52 heavy (non-hydrogen) atoms. The summed E-state index contributed by atoms with van der Waals surface area (Å²) in [5.74, 6) is 0. The first-order chi connectivity index (χ1) is 25.4. The van der Waals surface area contributed by atoms with Gasteiger partial charge in [0, 0.05) is 34.1 Å². The Labute approximate surface area is 309 Å². The Balaban J connectivity index is 1.05. The van der Waals surface area contributed by atoms with Crippen molar-refractivity contribution in [1.29, 1.82) is 0 Å². The van der Waals surface area contributed by atoms with Gasteiger partial charge in [-0.05, 0) is 123 Å². The van der Waals surface area contributed by atoms with Crippen LogP contribution >= 0.6 is 0 Å². The Morgan fingerprint density at radius 2 is 0.538 bits per heavy atom. The van der Waals surface area contributed by atoms with Crippen LogP contribution in [0.4, 0.5) is 34.1 Å². The largest absolute Gasteiger partial charge is 0.311 e. The summed E-state index contributed by atoms with van der Waals surface area (Å²) < 4.78 is 0. The van der Waals surface area contributed by atoms with E-state index in [0.29, 0.717) is 0 Å². The average molecular weight is 673 g/mol. The van der Waals surface area contributed by atoms with E-state index in [1.165, 1.54) is 22.3 Å². The summed E-state index contributed by atoms with van der Waals surface area (Å²) in [7, 11) is 0. The van der Waals surface area contributed by atoms with Gasteiger partial charge < -0.3 is 9.80 Å². The maximum absolute atomic E-state index is 2.31. The first-order valence-corrected chi connectivity index (χ1v) is 17.9. The van der Waals surface area contributed by atoms with E-state index in [-0.39, 0.29) is 0 Å². The molecule has 0 spiro atoms. The Bertz CT molecular complexity index is 2190. The number of benzene rings is 7. The molecule has 7 aromatic rings. The maximum atomic E-state index is 2.31. The zero-order valence-electron chi connectivity index (χ0n) is 30.4. The quantitative estimate of drug-likeness (QED) is 0.133. The van der Waals surface area contributed by atoms with Crippen LogP contribution in [-0.4, -0.2) is 0 Å². The van der Waals surface area contributed by atoms with Crippen LogP contribution in [0.1, 0.15) is 44.5 Å². The monoisotopic (exact) mass is 672 g/mol. The van der Waals surface area contributed by atoms with E-state index >= 15 is 0 Å². The first-order valence-electron chi connectivity index (χ1n) is 17.9. The van der Waals surface area contributed by atoms with Crippen molar-refractivity contribution >= 4 is 58.4 Å². The third-order valence-electron chi connectivity index (χ3n) is 9.32. The third-order valence-corrected chi connectivity index (χ3v) is 9.32. The summed E-state index contributed by atoms with van der Waals surface area (Å²) in [6.45, 7) is 8.50. The molecule has 7 rings (SSSR count). The van der Waals surface area contributed by atoms with Crippen molar-refractivity contribution < 1.29 is 0 Å². The van der Waals surface area contributed by atoms with E-state index in [2.05, 4.69) is 232 Å². The van der Waals surface area contributed by atoms with Crippen LogP contribution in [0.5, 0.6) is 0 Å². The third kappa shape index (κ3) is 8.31. The SMILES string of the molecule is Cc1ccc(N(c2ccc(C)cc2)c2ccc(C=Cc3ccc(C=Cc4cccc(N(c5ccc(C)cc5)c5ccc(C)cc5)c4)cc3)cc2)cc1. The molecule has 2 heteroatoms. The van der Waals surface area contributed by atoms with Crippen LogP contribution in [0, 0.1) is 27.7 Å². The molecule has 7 aromatic carbocycles. The molecule has 0 saturated carbocycles. The van der Waals surface area contributed by atoms with Gasteiger partial charge in [-0.3, -0.25) is 0 Å². The molecule has 254 valence electrons. The molecule has 0 atom stereocenters. The molecule has 2 nitrogen and oxygen atoms in total. The highest BCUT2D eigenvalue weighted by atomic mass is 15.1. The van der Waals surface area contributed by atoms with Gasteiger partial charge in [0.2, 0.25) is 0 Å². The van der Waals surface area contributed by atoms with Gasteiger partial charge in [-0.2, -0.15) is 0 Å². The molecule has 0 aliphatic rings. The summed E-state index contributed by atoms with van der Waals surface area (Å²) in [6.07, 6.45) is 8.72. The lowest BCUT2D eigenvalue weighted by Gasteiger charge is -2.26. The number of rotatable bonds is 10. The highest BCUT2D eigenvalue weighted by Gasteiger charge is 2.14. The minimum Gasteiger partial charge on any atom is -0.311 e. The molecule has 0 aliphatic carbocycles. The topological polar surface area (TPSA) is 6.48 Å². The van der Waals surface area contributed by atoms with Crippen LogP contribution < -0.4 is 9.80 Å². The number of hydrogen-bond acceptors (Lipinski definition) is 2. The second kappa shape index (κ2) is 15.7. The van der Waals surface area contributed by atoms with Crippen molar-refractivity contribution in [2.45, 2.75) is 27.7 Å². The Morgan fingerprint density at radius 1 is 0.269 bits per heavy atom. The molecule has 0 bridgehead atoms. The first kappa shape index (κ1) is 34.1. The lowest BCUT2D eigenvalue weighted by atomic mass is 10.1. The van der Waals surface area contributed by atoms with E-state index < -0.39 is 0 Å². The Morgan fingerprint density at radius 3 is 0.885 bits per heavy atom. The molecule has 0 aliphatic heterocycles. The van der Waals surface area contributed by atoms with Crippen molar-refractivity contribution in [2.75, 3.05) is 9.80 Å². The van der Waals surface area contributed by atoms with Gasteiger partial charge in [-0.25, -0.2) is 0 Å². The van der Waals surface area contributed by atoms with Crippen molar-refractivity contribution in [3.63, 3.8) is 0 Å². The fourth-order valence-corrected chi connectivity index (χ4v) is 6.27. The summed E-state index contributed by atoms with van der Waals surface area (Å²) in [5.41, 5.74) is 16.5. The predicted octanol–water partition coefficient (Wildman–Crippen LogP) is 14.2. The summed E-state index contributed by atoms with van der Waals surface area (Å²) in [6, 6.07) is 61.0. The van der Waals surface area contributed by atoms with Gasteiger partial charge >= 0.3 is 0 Å². The highest BCUT2D eigenvalue weighted by Crippen LogP contribution is 2.36. The van der Waals surface area contributed by atoms with Crippen molar-refractivity contribution in [3.8, 4) is 0 Å². The van der Waals surface area contributed by atoms with E-state index in [0.717, 1.165) is 56.4 Å². The number of hydrogen-bond donors (Lipinski definition) is 0. The lowest BCUT2D eigenvalue weighted by Crippen LogP contribution is -2.10. The van der Waals surface area contributed by atoms with Gasteiger partial charge in [0.05, 0.1) is 0 Å². The van der Waals surface area contributed by atoms with Crippen molar-refractivity contribution in [1.82, 2.24) is 0 Å². The standard InChI is InChI=1S/C50H44N2/c1-37-8-26-45(27-9-37)51(46-28-10-38(2)11-29-46)49-34-24-43(25-35-49)21-20-41-16-18-42(19-17-41)22-23-44-6-5-7-50(36-44)52(47-30-12-39(3)13-31-47)48-32-14-40(4)15-33-48/h5-36H,1-4H3. The maximum Gasteiger partial charge on any atom is 0.0467 e. The minimum atomic E-state index is 1.13. The molecule has 0 fully saturated rings. The van der Waals surface area contributed by atoms with Crippen molar-refractivity contribution in [3.05, 3.63) is 214 Å². The van der Waals surface area contributed by atoms with Crippen LogP contribution in [0.3, 0.4) is 0 Å². The second-order valence-electron chi connectivity index (χ2n) is 13.5. The van der Waals surface area contributed by atoms with E-state index in [1.54, 1.807) is 0 Å². The predicted molar refractivity (Wildman–Crippen MR) is 225 cm³/mol. The van der Waals surface area contributed by atoms with E-state index in [9.17, 15) is 0 Å². The van der Waals surface area contributed by atoms with Crippen LogP contribution in [0.15, 0.2) is 170 Å². The van der Waals surface area contributed by atoms with Crippen molar-refractivity contribution in [2.24, 2.45) is 0 Å². The molecule has 0 aromatic heterocycles. The van der Waals surface area contributed by atoms with E-state index in [4.69, 9.17) is 0 Å². The summed E-state index contributed by atoms with van der Waals surface area (Å²) in [4.78, 5) is 4.62. The van der Waals surface area contributed by atoms with Gasteiger partial charge in [-0.1, -0.05) is 144 Å². The normalized spacial score (nSPS) is 11.3. The van der Waals surface area contributed by atoms with Gasteiger partial charge in [0.25, 0.3) is 0 Å². The molecular weight excluding hydrogens is 629 g/mol. The van der Waals surface area contributed by atoms with Crippen LogP contribution in [0.25, 0.3) is 24.3 Å². The fourth-order valence-electron chi connectivity index (χ4n) is 6.27. The molecule has 0 saturated heterocycles. The van der Waals surface area contributed by atoms with Crippen LogP contribution in [0.2, 0.25) is 0 Å². The number of aryl methyl sites for hydroxylation is 4. The average Bonchev–Trinajstić information content (AvgIpc) is 3.17. The van der Waals surface area contributed by atoms with Gasteiger partial charge in [-0.15, -0.1) is 0 Å². The molecule has 0 unspecified atom stereocenters. The van der Waals surface area contributed by atoms with Gasteiger partial charge in [0.15, 0.2) is 0 Å². The smallest absolute Gasteiger partial charge is 0.0467 e. The molecule has 0 N–H and O–H groups in total. The highest BCUT2D eigenvalue weighted by molar-refractivity contribution is 5.81. The van der Waals surface area contributed by atoms with Crippen LogP contribution in [-0.2, 0) is 0 Å². The zero-order valence-corrected chi connectivity index (χ0v) is 30.4. The number of anilines is 6. The number of nitrogens with zero attached hydrogens (tertiary/aromatic N) is 2. The zero-order chi connectivity index (χ0) is 35.9. The molecular formula is C50H44N2. The molecule has 0 heterocycles. The fraction of sp³-hybridized carbons (Fsp3) is 0.0800. The summed E-state index contributed by atoms with van der Waals surface area (Å²) in [5, 5.41) is 0. The lowest BCUT2D eigenvalue weighted by molar-refractivity contribution is 1.27.